The maximum absolute atomic E-state index is 13.2. The largest absolute Gasteiger partial charge is 0.478 e. The first-order valence-corrected chi connectivity index (χ1v) is 7.81. The zero-order chi connectivity index (χ0) is 16.2. The molecule has 0 aliphatic carbocycles. The van der Waals surface area contributed by atoms with Gasteiger partial charge in [-0.15, -0.1) is 0 Å². The Hall–Kier alpha value is -1.96. The molecule has 116 valence electrons. The molecular weight excluding hydrogens is 301 g/mol. The summed E-state index contributed by atoms with van der Waals surface area (Å²) in [6.07, 6.45) is 0. The molecule has 0 bridgehead atoms. The van der Waals surface area contributed by atoms with E-state index < -0.39 is 43.7 Å². The summed E-state index contributed by atoms with van der Waals surface area (Å²) < 4.78 is 37.2. The molecule has 0 fully saturated rings. The van der Waals surface area contributed by atoms with Gasteiger partial charge < -0.3 is 10.4 Å². The molecule has 0 spiro atoms. The van der Waals surface area contributed by atoms with E-state index in [0.29, 0.717) is 12.6 Å². The van der Waals surface area contributed by atoms with E-state index in [9.17, 15) is 22.4 Å². The van der Waals surface area contributed by atoms with Crippen LogP contribution < -0.4 is 5.32 Å². The van der Waals surface area contributed by atoms with Crippen LogP contribution in [0, 0.1) is 11.7 Å². The van der Waals surface area contributed by atoms with Crippen molar-refractivity contribution in [2.45, 2.75) is 18.7 Å². The Labute approximate surface area is 121 Å². The normalized spacial score (nSPS) is 11.4. The lowest BCUT2D eigenvalue weighted by Gasteiger charge is -2.09. The van der Waals surface area contributed by atoms with Crippen LogP contribution >= 0.6 is 0 Å². The molecule has 1 amide bonds. The number of amides is 1. The molecular formula is C13H16FNO5S. The van der Waals surface area contributed by atoms with Gasteiger partial charge in [0.1, 0.15) is 11.6 Å². The first-order valence-electron chi connectivity index (χ1n) is 6.16. The molecule has 0 aliphatic rings. The molecule has 0 heterocycles. The molecule has 8 heteroatoms. The van der Waals surface area contributed by atoms with Crippen LogP contribution in [-0.4, -0.2) is 37.7 Å². The van der Waals surface area contributed by atoms with Crippen molar-refractivity contribution in [3.63, 3.8) is 0 Å². The van der Waals surface area contributed by atoms with Gasteiger partial charge in [-0.05, 0) is 24.1 Å². The Balaban J connectivity index is 2.96. The van der Waals surface area contributed by atoms with Gasteiger partial charge in [-0.25, -0.2) is 17.6 Å². The molecule has 0 radical (unpaired) electrons. The second-order valence-corrected chi connectivity index (χ2v) is 6.89. The van der Waals surface area contributed by atoms with Crippen LogP contribution in [0.2, 0.25) is 0 Å². The average Bonchev–Trinajstić information content (AvgIpc) is 2.35. The molecule has 0 saturated carbocycles. The Morgan fingerprint density at radius 3 is 2.48 bits per heavy atom. The van der Waals surface area contributed by atoms with Crippen molar-refractivity contribution in [3.8, 4) is 0 Å². The summed E-state index contributed by atoms with van der Waals surface area (Å²) in [5.74, 6) is -3.95. The third-order valence-corrected chi connectivity index (χ3v) is 4.17. The molecule has 0 unspecified atom stereocenters. The summed E-state index contributed by atoms with van der Waals surface area (Å²) >= 11 is 0. The zero-order valence-electron chi connectivity index (χ0n) is 11.6. The van der Waals surface area contributed by atoms with Crippen LogP contribution in [0.25, 0.3) is 0 Å². The summed E-state index contributed by atoms with van der Waals surface area (Å²) in [5, 5.41) is 11.2. The minimum absolute atomic E-state index is 0.168. The van der Waals surface area contributed by atoms with Crippen molar-refractivity contribution in [3.05, 3.63) is 29.6 Å². The van der Waals surface area contributed by atoms with Crippen LogP contribution in [0.5, 0.6) is 0 Å². The predicted octanol–water partition coefficient (Wildman–Crippen LogP) is 1.07. The van der Waals surface area contributed by atoms with E-state index in [1.54, 1.807) is 0 Å². The Morgan fingerprint density at radius 2 is 1.95 bits per heavy atom. The monoisotopic (exact) mass is 317 g/mol. The maximum atomic E-state index is 13.2. The van der Waals surface area contributed by atoms with Crippen LogP contribution in [-0.2, 0) is 14.6 Å². The minimum atomic E-state index is -4.02. The summed E-state index contributed by atoms with van der Waals surface area (Å²) in [4.78, 5) is 21.9. The average molecular weight is 317 g/mol. The standard InChI is InChI=1S/C13H16FNO5S/c1-8(2)6-15-12(16)7-21(19,20)9-3-4-11(14)10(5-9)13(17)18/h3-5,8H,6-7H2,1-2H3,(H,15,16)(H,17,18). The van der Waals surface area contributed by atoms with Gasteiger partial charge in [0.2, 0.25) is 5.91 Å². The van der Waals surface area contributed by atoms with Gasteiger partial charge in [-0.1, -0.05) is 13.8 Å². The van der Waals surface area contributed by atoms with Gasteiger partial charge in [0.15, 0.2) is 9.84 Å². The highest BCUT2D eigenvalue weighted by Gasteiger charge is 2.22. The molecule has 0 aliphatic heterocycles. The quantitative estimate of drug-likeness (QED) is 0.764. The van der Waals surface area contributed by atoms with Crippen molar-refractivity contribution >= 4 is 21.7 Å². The second-order valence-electron chi connectivity index (χ2n) is 4.90. The topological polar surface area (TPSA) is 101 Å². The van der Waals surface area contributed by atoms with Crippen molar-refractivity contribution in [1.82, 2.24) is 5.32 Å². The first-order chi connectivity index (χ1) is 9.63. The van der Waals surface area contributed by atoms with Gasteiger partial charge in [0, 0.05) is 6.54 Å². The van der Waals surface area contributed by atoms with E-state index in [1.807, 2.05) is 13.8 Å². The number of hydrogen-bond donors (Lipinski definition) is 2. The Kier molecular flexibility index (Phi) is 5.42. The number of nitrogens with one attached hydrogen (secondary N) is 1. The number of aromatic carboxylic acids is 1. The first kappa shape index (κ1) is 17.1. The lowest BCUT2D eigenvalue weighted by molar-refractivity contribution is -0.118. The van der Waals surface area contributed by atoms with Gasteiger partial charge >= 0.3 is 5.97 Å². The van der Waals surface area contributed by atoms with Gasteiger partial charge in [0.05, 0.1) is 10.5 Å². The molecule has 0 saturated heterocycles. The number of rotatable bonds is 6. The summed E-state index contributed by atoms with van der Waals surface area (Å²) in [6, 6.07) is 2.40. The van der Waals surface area contributed by atoms with Crippen molar-refractivity contribution in [1.29, 1.82) is 0 Å². The smallest absolute Gasteiger partial charge is 0.338 e. The second kappa shape index (κ2) is 6.66. The van der Waals surface area contributed by atoms with Crippen LogP contribution in [0.3, 0.4) is 0 Å². The summed E-state index contributed by atoms with van der Waals surface area (Å²) in [5.41, 5.74) is -0.751. The van der Waals surface area contributed by atoms with Gasteiger partial charge in [-0.3, -0.25) is 4.79 Å². The Morgan fingerprint density at radius 1 is 1.33 bits per heavy atom. The fourth-order valence-corrected chi connectivity index (χ4v) is 2.67. The Bertz CT molecular complexity index is 655. The lowest BCUT2D eigenvalue weighted by atomic mass is 10.2. The molecule has 0 atom stereocenters. The molecule has 6 nitrogen and oxygen atoms in total. The number of halogens is 1. The molecule has 21 heavy (non-hydrogen) atoms. The van der Waals surface area contributed by atoms with E-state index in [0.717, 1.165) is 12.1 Å². The molecule has 1 aromatic rings. The molecule has 2 N–H and O–H groups in total. The number of hydrogen-bond acceptors (Lipinski definition) is 4. The van der Waals surface area contributed by atoms with Crippen molar-refractivity contribution in [2.24, 2.45) is 5.92 Å². The van der Waals surface area contributed by atoms with E-state index in [2.05, 4.69) is 5.32 Å². The highest BCUT2D eigenvalue weighted by molar-refractivity contribution is 7.92. The number of sulfone groups is 1. The third-order valence-electron chi connectivity index (χ3n) is 2.56. The zero-order valence-corrected chi connectivity index (χ0v) is 12.4. The van der Waals surface area contributed by atoms with Crippen LogP contribution in [0.1, 0.15) is 24.2 Å². The maximum Gasteiger partial charge on any atom is 0.338 e. The van der Waals surface area contributed by atoms with E-state index in [1.165, 1.54) is 0 Å². The highest BCUT2D eigenvalue weighted by atomic mass is 32.2. The lowest BCUT2D eigenvalue weighted by Crippen LogP contribution is -2.32. The fraction of sp³-hybridized carbons (Fsp3) is 0.385. The summed E-state index contributed by atoms with van der Waals surface area (Å²) in [7, 11) is -4.02. The minimum Gasteiger partial charge on any atom is -0.478 e. The van der Waals surface area contributed by atoms with Gasteiger partial charge in [-0.2, -0.15) is 0 Å². The number of carboxylic acids is 1. The number of carbonyl (C=O) groups is 2. The predicted molar refractivity (Wildman–Crippen MR) is 73.3 cm³/mol. The van der Waals surface area contributed by atoms with E-state index >= 15 is 0 Å². The number of benzene rings is 1. The van der Waals surface area contributed by atoms with Gasteiger partial charge in [0.25, 0.3) is 0 Å². The van der Waals surface area contributed by atoms with Crippen molar-refractivity contribution < 1.29 is 27.5 Å². The van der Waals surface area contributed by atoms with Crippen LogP contribution in [0.15, 0.2) is 23.1 Å². The number of carboxylic acid groups (broad SMARTS) is 1. The van der Waals surface area contributed by atoms with Crippen molar-refractivity contribution in [2.75, 3.05) is 12.3 Å². The summed E-state index contributed by atoms with van der Waals surface area (Å²) in [6.45, 7) is 4.04. The number of carbonyl (C=O) groups excluding carboxylic acids is 1. The van der Waals surface area contributed by atoms with E-state index in [4.69, 9.17) is 5.11 Å². The molecule has 1 aromatic carbocycles. The molecule has 1 rings (SSSR count). The third kappa shape index (κ3) is 4.82. The highest BCUT2D eigenvalue weighted by Crippen LogP contribution is 2.16. The molecule has 0 aromatic heterocycles. The fourth-order valence-electron chi connectivity index (χ4n) is 1.49. The SMILES string of the molecule is CC(C)CNC(=O)CS(=O)(=O)c1ccc(F)c(C(=O)O)c1. The van der Waals surface area contributed by atoms with E-state index in [-0.39, 0.29) is 5.92 Å². The van der Waals surface area contributed by atoms with Crippen LogP contribution in [0.4, 0.5) is 4.39 Å².